The number of nitrogens with zero attached hydrogens (tertiary/aromatic N) is 2. The number of aromatic nitrogens is 1. The quantitative estimate of drug-likeness (QED) is 0.437. The summed E-state index contributed by atoms with van der Waals surface area (Å²) < 4.78 is 7.27. The van der Waals surface area contributed by atoms with Gasteiger partial charge >= 0.3 is 0 Å². The first-order valence-electron chi connectivity index (χ1n) is 7.02. The predicted octanol–water partition coefficient (Wildman–Crippen LogP) is 3.10. The van der Waals surface area contributed by atoms with E-state index in [1.54, 1.807) is 16.8 Å². The molecule has 0 saturated carbocycles. The van der Waals surface area contributed by atoms with Gasteiger partial charge in [0.05, 0.1) is 10.7 Å². The van der Waals surface area contributed by atoms with Crippen LogP contribution in [0.1, 0.15) is 17.0 Å². The molecule has 0 aliphatic carbocycles. The number of methoxy groups -OCH3 is 1. The predicted molar refractivity (Wildman–Crippen MR) is 99.2 cm³/mol. The Balaban J connectivity index is 2.34. The van der Waals surface area contributed by atoms with Gasteiger partial charge in [-0.15, -0.1) is 0 Å². The second kappa shape index (κ2) is 7.40. The number of amides is 1. The third-order valence-electron chi connectivity index (χ3n) is 3.43. The molecule has 2 rings (SSSR count). The van der Waals surface area contributed by atoms with Gasteiger partial charge in [0.25, 0.3) is 5.91 Å². The van der Waals surface area contributed by atoms with Crippen molar-refractivity contribution in [2.24, 2.45) is 0 Å². The number of nitriles is 1. The number of carbonyl (C=O) groups excluding carboxylic acids is 1. The molecule has 0 bridgehead atoms. The zero-order valence-electron chi connectivity index (χ0n) is 13.4. The smallest absolute Gasteiger partial charge is 0.280 e. The molecular formula is C17H16IN3O3. The van der Waals surface area contributed by atoms with Crippen LogP contribution in [0.15, 0.2) is 29.8 Å². The minimum Gasteiger partial charge on any atom is -0.504 e. The fourth-order valence-corrected chi connectivity index (χ4v) is 2.78. The molecule has 1 heterocycles. The molecule has 0 aliphatic rings. The second-order valence-electron chi connectivity index (χ2n) is 5.12. The summed E-state index contributed by atoms with van der Waals surface area (Å²) in [5, 5.41) is 19.2. The van der Waals surface area contributed by atoms with Crippen molar-refractivity contribution in [3.63, 3.8) is 0 Å². The molecule has 7 heteroatoms. The van der Waals surface area contributed by atoms with Crippen LogP contribution in [0.2, 0.25) is 0 Å². The van der Waals surface area contributed by atoms with E-state index in [-0.39, 0.29) is 17.1 Å². The van der Waals surface area contributed by atoms with Gasteiger partial charge in [-0.2, -0.15) is 5.26 Å². The third-order valence-corrected chi connectivity index (χ3v) is 4.25. The summed E-state index contributed by atoms with van der Waals surface area (Å²) in [6, 6.07) is 8.88. The molecule has 1 aromatic carbocycles. The summed E-state index contributed by atoms with van der Waals surface area (Å²) in [5.41, 5.74) is 4.94. The molecular weight excluding hydrogens is 421 g/mol. The van der Waals surface area contributed by atoms with E-state index >= 15 is 0 Å². The molecule has 0 unspecified atom stereocenters. The molecule has 2 aromatic rings. The average molecular weight is 437 g/mol. The van der Waals surface area contributed by atoms with E-state index in [0.29, 0.717) is 9.13 Å². The van der Waals surface area contributed by atoms with E-state index in [0.717, 1.165) is 11.4 Å². The minimum atomic E-state index is -0.512. The Morgan fingerprint density at radius 3 is 2.54 bits per heavy atom. The lowest BCUT2D eigenvalue weighted by molar-refractivity contribution is -0.113. The van der Waals surface area contributed by atoms with Crippen LogP contribution in [0.5, 0.6) is 11.5 Å². The third kappa shape index (κ3) is 3.71. The largest absolute Gasteiger partial charge is 0.504 e. The first-order valence-corrected chi connectivity index (χ1v) is 8.09. The number of halogens is 1. The average Bonchev–Trinajstić information content (AvgIpc) is 2.87. The standard InChI is InChI=1S/C17H16IN3O3/c1-10-4-5-11(2)21(10)20-17(23)13(9-19)6-12-7-14(18)16(22)15(8-12)24-3/h4-8,22H,1-3H3,(H,20,23)/b13-6-. The molecule has 6 nitrogen and oxygen atoms in total. The lowest BCUT2D eigenvalue weighted by Gasteiger charge is -2.11. The number of carbonyl (C=O) groups is 1. The number of phenolic OH excluding ortho intramolecular Hbond substituents is 1. The number of aryl methyl sites for hydroxylation is 2. The van der Waals surface area contributed by atoms with Gasteiger partial charge in [-0.25, -0.2) is 0 Å². The normalized spacial score (nSPS) is 11.0. The number of aromatic hydroxyl groups is 1. The fourth-order valence-electron chi connectivity index (χ4n) is 2.15. The Bertz CT molecular complexity index is 843. The second-order valence-corrected chi connectivity index (χ2v) is 6.28. The van der Waals surface area contributed by atoms with Gasteiger partial charge in [0.1, 0.15) is 11.6 Å². The zero-order valence-corrected chi connectivity index (χ0v) is 15.6. The summed E-state index contributed by atoms with van der Waals surface area (Å²) in [6.07, 6.45) is 1.45. The molecule has 0 radical (unpaired) electrons. The van der Waals surface area contributed by atoms with Crippen molar-refractivity contribution >= 4 is 34.6 Å². The van der Waals surface area contributed by atoms with E-state index in [1.165, 1.54) is 13.2 Å². The van der Waals surface area contributed by atoms with Gasteiger partial charge in [-0.3, -0.25) is 14.9 Å². The van der Waals surface area contributed by atoms with E-state index in [9.17, 15) is 15.2 Å². The van der Waals surface area contributed by atoms with Crippen molar-refractivity contribution in [3.05, 3.63) is 50.4 Å². The van der Waals surface area contributed by atoms with Crippen LogP contribution in [-0.2, 0) is 4.79 Å². The summed E-state index contributed by atoms with van der Waals surface area (Å²) in [4.78, 5) is 12.4. The highest BCUT2D eigenvalue weighted by atomic mass is 127. The van der Waals surface area contributed by atoms with Crippen molar-refractivity contribution in [1.82, 2.24) is 4.68 Å². The van der Waals surface area contributed by atoms with Crippen LogP contribution in [-0.4, -0.2) is 22.8 Å². The molecule has 124 valence electrons. The lowest BCUT2D eigenvalue weighted by atomic mass is 10.1. The maximum absolute atomic E-state index is 12.4. The molecule has 0 aliphatic heterocycles. The first-order chi connectivity index (χ1) is 11.4. The SMILES string of the molecule is COc1cc(/C=C(/C#N)C(=O)Nn2c(C)ccc2C)cc(I)c1O. The molecule has 1 amide bonds. The van der Waals surface area contributed by atoms with Crippen LogP contribution in [0.3, 0.4) is 0 Å². The number of hydrogen-bond donors (Lipinski definition) is 2. The van der Waals surface area contributed by atoms with Gasteiger partial charge in [0, 0.05) is 11.4 Å². The lowest BCUT2D eigenvalue weighted by Crippen LogP contribution is -2.25. The van der Waals surface area contributed by atoms with E-state index in [1.807, 2.05) is 54.6 Å². The van der Waals surface area contributed by atoms with Crippen molar-refractivity contribution in [2.45, 2.75) is 13.8 Å². The van der Waals surface area contributed by atoms with Crippen LogP contribution < -0.4 is 10.2 Å². The number of nitrogens with one attached hydrogen (secondary N) is 1. The topological polar surface area (TPSA) is 87.3 Å². The number of phenols is 1. The van der Waals surface area contributed by atoms with Gasteiger partial charge in [0.2, 0.25) is 0 Å². The Kier molecular flexibility index (Phi) is 5.51. The molecule has 0 fully saturated rings. The molecule has 0 saturated heterocycles. The summed E-state index contributed by atoms with van der Waals surface area (Å²) in [6.45, 7) is 3.71. The van der Waals surface area contributed by atoms with Gasteiger partial charge in [-0.1, -0.05) is 0 Å². The highest BCUT2D eigenvalue weighted by Crippen LogP contribution is 2.33. The Morgan fingerprint density at radius 2 is 2.00 bits per heavy atom. The van der Waals surface area contributed by atoms with Crippen molar-refractivity contribution < 1.29 is 14.6 Å². The molecule has 0 atom stereocenters. The maximum atomic E-state index is 12.4. The molecule has 0 spiro atoms. The Labute approximate surface area is 153 Å². The van der Waals surface area contributed by atoms with E-state index in [2.05, 4.69) is 5.43 Å². The van der Waals surface area contributed by atoms with Gasteiger partial charge < -0.3 is 9.84 Å². The fraction of sp³-hybridized carbons (Fsp3) is 0.176. The number of rotatable bonds is 4. The van der Waals surface area contributed by atoms with Gasteiger partial charge in [0.15, 0.2) is 11.5 Å². The summed E-state index contributed by atoms with van der Waals surface area (Å²) in [7, 11) is 1.44. The summed E-state index contributed by atoms with van der Waals surface area (Å²) in [5.74, 6) is -0.207. The molecule has 24 heavy (non-hydrogen) atoms. The van der Waals surface area contributed by atoms with E-state index in [4.69, 9.17) is 4.74 Å². The van der Waals surface area contributed by atoms with Crippen LogP contribution in [0.25, 0.3) is 6.08 Å². The van der Waals surface area contributed by atoms with Crippen molar-refractivity contribution in [3.8, 4) is 17.6 Å². The number of ether oxygens (including phenoxy) is 1. The van der Waals surface area contributed by atoms with Gasteiger partial charge in [-0.05, 0) is 72.3 Å². The van der Waals surface area contributed by atoms with Crippen molar-refractivity contribution in [1.29, 1.82) is 5.26 Å². The maximum Gasteiger partial charge on any atom is 0.280 e. The van der Waals surface area contributed by atoms with Crippen LogP contribution in [0.4, 0.5) is 0 Å². The van der Waals surface area contributed by atoms with Crippen LogP contribution in [0, 0.1) is 28.7 Å². The molecule has 1 aromatic heterocycles. The van der Waals surface area contributed by atoms with E-state index < -0.39 is 5.91 Å². The van der Waals surface area contributed by atoms with Crippen LogP contribution >= 0.6 is 22.6 Å². The minimum absolute atomic E-state index is 0.0248. The Hall–Kier alpha value is -2.47. The molecule has 2 N–H and O–H groups in total. The number of benzene rings is 1. The highest BCUT2D eigenvalue weighted by molar-refractivity contribution is 14.1. The number of hydrogen-bond acceptors (Lipinski definition) is 4. The zero-order chi connectivity index (χ0) is 17.9. The van der Waals surface area contributed by atoms with Crippen molar-refractivity contribution in [2.75, 3.05) is 12.5 Å². The Morgan fingerprint density at radius 1 is 1.38 bits per heavy atom. The monoisotopic (exact) mass is 437 g/mol. The first kappa shape index (κ1) is 17.9. The highest BCUT2D eigenvalue weighted by Gasteiger charge is 2.13. The summed E-state index contributed by atoms with van der Waals surface area (Å²) >= 11 is 1.95.